The molecule has 1 aliphatic rings. The lowest BCUT2D eigenvalue weighted by Crippen LogP contribution is -2.37. The minimum Gasteiger partial charge on any atom is -0.352 e. The second kappa shape index (κ2) is 5.52. The van der Waals surface area contributed by atoms with Gasteiger partial charge in [0.2, 0.25) is 0 Å². The van der Waals surface area contributed by atoms with Gasteiger partial charge in [0.25, 0.3) is 5.91 Å². The number of nitrogens with zero attached hydrogens (tertiary/aromatic N) is 2. The standard InChI is InChI=1S/C13H22N4O/c1-9-12(10(2)16-15-9)13(18)14-8-11-4-6-17(3)7-5-11/h11H,4-8H2,1-3H3,(H,14,18)(H,15,16). The van der Waals surface area contributed by atoms with Crippen LogP contribution in [-0.4, -0.2) is 47.7 Å². The van der Waals surface area contributed by atoms with E-state index in [1.54, 1.807) is 0 Å². The number of amides is 1. The summed E-state index contributed by atoms with van der Waals surface area (Å²) in [5, 5.41) is 9.93. The molecule has 0 spiro atoms. The highest BCUT2D eigenvalue weighted by atomic mass is 16.1. The molecule has 0 radical (unpaired) electrons. The van der Waals surface area contributed by atoms with Crippen molar-refractivity contribution < 1.29 is 4.79 Å². The van der Waals surface area contributed by atoms with Crippen LogP contribution in [0.2, 0.25) is 0 Å². The van der Waals surface area contributed by atoms with Crippen LogP contribution in [0.15, 0.2) is 0 Å². The number of hydrogen-bond donors (Lipinski definition) is 2. The van der Waals surface area contributed by atoms with Crippen molar-refractivity contribution in [1.29, 1.82) is 0 Å². The molecule has 5 nitrogen and oxygen atoms in total. The highest BCUT2D eigenvalue weighted by Gasteiger charge is 2.19. The van der Waals surface area contributed by atoms with Gasteiger partial charge in [0.1, 0.15) is 0 Å². The van der Waals surface area contributed by atoms with Gasteiger partial charge in [0, 0.05) is 12.2 Å². The Kier molecular flexibility index (Phi) is 4.01. The van der Waals surface area contributed by atoms with Crippen molar-refractivity contribution in [2.24, 2.45) is 5.92 Å². The van der Waals surface area contributed by atoms with E-state index in [1.165, 1.54) is 12.8 Å². The molecule has 0 aromatic carbocycles. The molecule has 1 aromatic rings. The van der Waals surface area contributed by atoms with Gasteiger partial charge in [0.15, 0.2) is 0 Å². The van der Waals surface area contributed by atoms with Crippen LogP contribution in [0.1, 0.15) is 34.6 Å². The van der Waals surface area contributed by atoms with Gasteiger partial charge in [-0.05, 0) is 52.7 Å². The summed E-state index contributed by atoms with van der Waals surface area (Å²) in [5.74, 6) is 0.607. The molecule has 0 unspecified atom stereocenters. The molecular formula is C13H22N4O. The summed E-state index contributed by atoms with van der Waals surface area (Å²) in [4.78, 5) is 14.4. The van der Waals surface area contributed by atoms with Gasteiger partial charge in [-0.25, -0.2) is 0 Å². The maximum atomic E-state index is 12.1. The Labute approximate surface area is 108 Å². The van der Waals surface area contributed by atoms with E-state index in [-0.39, 0.29) is 5.91 Å². The average Bonchev–Trinajstić information content (AvgIpc) is 2.68. The molecule has 2 N–H and O–H groups in total. The van der Waals surface area contributed by atoms with E-state index in [9.17, 15) is 4.79 Å². The summed E-state index contributed by atoms with van der Waals surface area (Å²) >= 11 is 0. The molecular weight excluding hydrogens is 228 g/mol. The van der Waals surface area contributed by atoms with E-state index in [0.29, 0.717) is 11.5 Å². The summed E-state index contributed by atoms with van der Waals surface area (Å²) in [7, 11) is 2.15. The Hall–Kier alpha value is -1.36. The fourth-order valence-electron chi connectivity index (χ4n) is 2.48. The lowest BCUT2D eigenvalue weighted by Gasteiger charge is -2.28. The number of hydrogen-bond acceptors (Lipinski definition) is 3. The number of aromatic nitrogens is 2. The van der Waals surface area contributed by atoms with Gasteiger partial charge >= 0.3 is 0 Å². The number of piperidine rings is 1. The van der Waals surface area contributed by atoms with Gasteiger partial charge in [-0.3, -0.25) is 9.89 Å². The number of aryl methyl sites for hydroxylation is 2. The first-order chi connectivity index (χ1) is 8.58. The molecule has 1 fully saturated rings. The number of nitrogens with one attached hydrogen (secondary N) is 2. The number of H-pyrrole nitrogens is 1. The SMILES string of the molecule is Cc1n[nH]c(C)c1C(=O)NCC1CCN(C)CC1. The molecule has 100 valence electrons. The number of rotatable bonds is 3. The lowest BCUT2D eigenvalue weighted by molar-refractivity contribution is 0.0938. The highest BCUT2D eigenvalue weighted by Crippen LogP contribution is 2.15. The fourth-order valence-corrected chi connectivity index (χ4v) is 2.48. The third-order valence-electron chi connectivity index (χ3n) is 3.74. The van der Waals surface area contributed by atoms with E-state index in [2.05, 4.69) is 27.5 Å². The maximum Gasteiger partial charge on any atom is 0.255 e. The van der Waals surface area contributed by atoms with Crippen molar-refractivity contribution in [3.63, 3.8) is 0 Å². The molecule has 2 rings (SSSR count). The molecule has 18 heavy (non-hydrogen) atoms. The smallest absolute Gasteiger partial charge is 0.255 e. The molecule has 0 bridgehead atoms. The van der Waals surface area contributed by atoms with Crippen LogP contribution < -0.4 is 5.32 Å². The zero-order valence-corrected chi connectivity index (χ0v) is 11.4. The van der Waals surface area contributed by atoms with Crippen molar-refractivity contribution in [1.82, 2.24) is 20.4 Å². The fraction of sp³-hybridized carbons (Fsp3) is 0.692. The Balaban J connectivity index is 1.85. The van der Waals surface area contributed by atoms with E-state index in [1.807, 2.05) is 13.8 Å². The Morgan fingerprint density at radius 3 is 2.67 bits per heavy atom. The van der Waals surface area contributed by atoms with Crippen LogP contribution >= 0.6 is 0 Å². The first kappa shape index (κ1) is 13.1. The predicted molar refractivity (Wildman–Crippen MR) is 70.6 cm³/mol. The normalized spacial score (nSPS) is 17.9. The lowest BCUT2D eigenvalue weighted by atomic mass is 9.97. The monoisotopic (exact) mass is 250 g/mol. The Morgan fingerprint density at radius 2 is 2.11 bits per heavy atom. The van der Waals surface area contributed by atoms with Gasteiger partial charge in [-0.1, -0.05) is 0 Å². The van der Waals surface area contributed by atoms with Gasteiger partial charge in [-0.15, -0.1) is 0 Å². The summed E-state index contributed by atoms with van der Waals surface area (Å²) < 4.78 is 0. The Bertz CT molecular complexity index is 399. The minimum atomic E-state index is -0.00215. The summed E-state index contributed by atoms with van der Waals surface area (Å²) in [6.07, 6.45) is 2.33. The maximum absolute atomic E-state index is 12.1. The van der Waals surface area contributed by atoms with Crippen molar-refractivity contribution >= 4 is 5.91 Å². The third kappa shape index (κ3) is 2.90. The Morgan fingerprint density at radius 1 is 1.44 bits per heavy atom. The van der Waals surface area contributed by atoms with Crippen molar-refractivity contribution in [2.45, 2.75) is 26.7 Å². The zero-order valence-electron chi connectivity index (χ0n) is 11.4. The molecule has 2 heterocycles. The minimum absolute atomic E-state index is 0.00215. The molecule has 0 atom stereocenters. The topological polar surface area (TPSA) is 61.0 Å². The summed E-state index contributed by atoms with van der Waals surface area (Å²) in [6.45, 7) is 6.77. The van der Waals surface area contributed by atoms with Gasteiger partial charge in [0.05, 0.1) is 11.3 Å². The highest BCUT2D eigenvalue weighted by molar-refractivity contribution is 5.96. The molecule has 0 saturated carbocycles. The van der Waals surface area contributed by atoms with Crippen LogP contribution in [0.3, 0.4) is 0 Å². The molecule has 1 amide bonds. The van der Waals surface area contributed by atoms with Crippen LogP contribution in [0.5, 0.6) is 0 Å². The second-order valence-electron chi connectivity index (χ2n) is 5.27. The van der Waals surface area contributed by atoms with E-state index in [0.717, 1.165) is 31.0 Å². The van der Waals surface area contributed by atoms with Crippen molar-refractivity contribution in [3.05, 3.63) is 17.0 Å². The number of aromatic amines is 1. The predicted octanol–water partition coefficient (Wildman–Crippen LogP) is 1.10. The first-order valence-electron chi connectivity index (χ1n) is 6.56. The largest absolute Gasteiger partial charge is 0.352 e. The molecule has 1 saturated heterocycles. The number of carbonyl (C=O) groups is 1. The van der Waals surface area contributed by atoms with E-state index >= 15 is 0 Å². The second-order valence-corrected chi connectivity index (χ2v) is 5.27. The quantitative estimate of drug-likeness (QED) is 0.844. The third-order valence-corrected chi connectivity index (χ3v) is 3.74. The van der Waals surface area contributed by atoms with Crippen LogP contribution in [0, 0.1) is 19.8 Å². The van der Waals surface area contributed by atoms with Crippen LogP contribution in [0.4, 0.5) is 0 Å². The average molecular weight is 250 g/mol. The zero-order chi connectivity index (χ0) is 13.1. The van der Waals surface area contributed by atoms with E-state index in [4.69, 9.17) is 0 Å². The van der Waals surface area contributed by atoms with Gasteiger partial charge in [-0.2, -0.15) is 5.10 Å². The number of likely N-dealkylation sites (tertiary alicyclic amines) is 1. The van der Waals surface area contributed by atoms with Gasteiger partial charge < -0.3 is 10.2 Å². The summed E-state index contributed by atoms with van der Waals surface area (Å²) in [5.41, 5.74) is 2.31. The first-order valence-corrected chi connectivity index (χ1v) is 6.56. The van der Waals surface area contributed by atoms with E-state index < -0.39 is 0 Å². The molecule has 1 aliphatic heterocycles. The van der Waals surface area contributed by atoms with Crippen molar-refractivity contribution in [3.8, 4) is 0 Å². The number of carbonyl (C=O) groups excluding carboxylic acids is 1. The van der Waals surface area contributed by atoms with Crippen molar-refractivity contribution in [2.75, 3.05) is 26.7 Å². The molecule has 1 aromatic heterocycles. The van der Waals surface area contributed by atoms with Crippen LogP contribution in [0.25, 0.3) is 0 Å². The van der Waals surface area contributed by atoms with Crippen LogP contribution in [-0.2, 0) is 0 Å². The summed E-state index contributed by atoms with van der Waals surface area (Å²) in [6, 6.07) is 0. The molecule has 5 heteroatoms. The molecule has 0 aliphatic carbocycles.